The summed E-state index contributed by atoms with van der Waals surface area (Å²) in [5, 5.41) is 3.81. The lowest BCUT2D eigenvalue weighted by molar-refractivity contribution is 0.599. The number of benzene rings is 1. The number of nitrogens with zero attached hydrogens (tertiary/aromatic N) is 1. The van der Waals surface area contributed by atoms with E-state index in [-0.39, 0.29) is 5.82 Å². The maximum Gasteiger partial charge on any atom is 0.129 e. The summed E-state index contributed by atoms with van der Waals surface area (Å²) in [6.07, 6.45) is 5.09. The Bertz CT molecular complexity index is 516. The van der Waals surface area contributed by atoms with E-state index in [2.05, 4.69) is 12.2 Å². The van der Waals surface area contributed by atoms with Crippen LogP contribution in [0.25, 0.3) is 0 Å². The van der Waals surface area contributed by atoms with Crippen molar-refractivity contribution in [1.29, 1.82) is 0 Å². The van der Waals surface area contributed by atoms with Crippen LogP contribution in [-0.4, -0.2) is 11.1 Å². The third-order valence-corrected chi connectivity index (χ3v) is 3.32. The van der Waals surface area contributed by atoms with E-state index in [4.69, 9.17) is 11.6 Å². The predicted octanol–water partition coefficient (Wildman–Crippen LogP) is 3.83. The fourth-order valence-corrected chi connectivity index (χ4v) is 2.19. The number of halogens is 2. The van der Waals surface area contributed by atoms with Gasteiger partial charge in [-0.1, -0.05) is 24.6 Å². The van der Waals surface area contributed by atoms with Crippen LogP contribution in [0.1, 0.15) is 24.5 Å². The van der Waals surface area contributed by atoms with Crippen molar-refractivity contribution in [2.45, 2.75) is 26.4 Å². The normalized spacial score (nSPS) is 10.9. The molecular weight excluding hydrogens is 263 g/mol. The molecule has 0 spiro atoms. The molecule has 0 aliphatic heterocycles. The monoisotopic (exact) mass is 280 g/mol. The SMILES string of the molecule is CCCNCc1ccn(Cc2c(F)cccc2Cl)c1. The van der Waals surface area contributed by atoms with Gasteiger partial charge in [0, 0.05) is 29.5 Å². The molecule has 4 heteroatoms. The van der Waals surface area contributed by atoms with Crippen molar-refractivity contribution in [3.05, 3.63) is 58.6 Å². The molecule has 1 aromatic heterocycles. The summed E-state index contributed by atoms with van der Waals surface area (Å²) in [7, 11) is 0. The zero-order valence-electron chi connectivity index (χ0n) is 11.0. The molecule has 19 heavy (non-hydrogen) atoms. The molecule has 2 rings (SSSR count). The van der Waals surface area contributed by atoms with E-state index < -0.39 is 0 Å². The van der Waals surface area contributed by atoms with Gasteiger partial charge in [-0.2, -0.15) is 0 Å². The minimum Gasteiger partial charge on any atom is -0.349 e. The Morgan fingerprint density at radius 1 is 1.32 bits per heavy atom. The summed E-state index contributed by atoms with van der Waals surface area (Å²) < 4.78 is 15.6. The minimum absolute atomic E-state index is 0.258. The van der Waals surface area contributed by atoms with Gasteiger partial charge in [0.25, 0.3) is 0 Å². The molecule has 0 unspecified atom stereocenters. The maximum absolute atomic E-state index is 13.7. The van der Waals surface area contributed by atoms with Crippen molar-refractivity contribution < 1.29 is 4.39 Å². The topological polar surface area (TPSA) is 17.0 Å². The Morgan fingerprint density at radius 2 is 2.16 bits per heavy atom. The number of aromatic nitrogens is 1. The van der Waals surface area contributed by atoms with Gasteiger partial charge in [-0.3, -0.25) is 0 Å². The molecule has 0 bridgehead atoms. The van der Waals surface area contributed by atoms with Crippen molar-refractivity contribution in [1.82, 2.24) is 9.88 Å². The molecule has 2 aromatic rings. The second kappa shape index (κ2) is 6.73. The summed E-state index contributed by atoms with van der Waals surface area (Å²) in [5.41, 5.74) is 1.73. The average Bonchev–Trinajstić information content (AvgIpc) is 2.82. The van der Waals surface area contributed by atoms with E-state index in [1.54, 1.807) is 12.1 Å². The van der Waals surface area contributed by atoms with E-state index in [9.17, 15) is 4.39 Å². The molecule has 0 amide bonds. The van der Waals surface area contributed by atoms with Crippen LogP contribution in [0.2, 0.25) is 5.02 Å². The fourth-order valence-electron chi connectivity index (χ4n) is 1.97. The standard InChI is InChI=1S/C15H18ClFN2/c1-2-7-18-9-12-6-8-19(10-12)11-13-14(16)4-3-5-15(13)17/h3-6,8,10,18H,2,7,9,11H2,1H3. The molecule has 1 aromatic carbocycles. The van der Waals surface area contributed by atoms with Crippen molar-refractivity contribution >= 4 is 11.6 Å². The van der Waals surface area contributed by atoms with Gasteiger partial charge in [-0.15, -0.1) is 0 Å². The van der Waals surface area contributed by atoms with Crippen LogP contribution in [0.4, 0.5) is 4.39 Å². The van der Waals surface area contributed by atoms with E-state index >= 15 is 0 Å². The highest BCUT2D eigenvalue weighted by Crippen LogP contribution is 2.20. The van der Waals surface area contributed by atoms with Crippen LogP contribution >= 0.6 is 11.6 Å². The average molecular weight is 281 g/mol. The molecule has 0 atom stereocenters. The molecular formula is C15H18ClFN2. The second-order valence-electron chi connectivity index (χ2n) is 4.57. The highest BCUT2D eigenvalue weighted by molar-refractivity contribution is 6.31. The molecule has 2 nitrogen and oxygen atoms in total. The summed E-state index contributed by atoms with van der Waals surface area (Å²) >= 11 is 6.02. The van der Waals surface area contributed by atoms with Crippen LogP contribution in [0.15, 0.2) is 36.7 Å². The molecule has 0 saturated carbocycles. The van der Waals surface area contributed by atoms with Crippen LogP contribution in [0.3, 0.4) is 0 Å². The van der Waals surface area contributed by atoms with Gasteiger partial charge in [-0.25, -0.2) is 4.39 Å². The Morgan fingerprint density at radius 3 is 2.89 bits per heavy atom. The van der Waals surface area contributed by atoms with Crippen molar-refractivity contribution in [3.63, 3.8) is 0 Å². The molecule has 0 aliphatic rings. The van der Waals surface area contributed by atoms with Crippen LogP contribution in [-0.2, 0) is 13.1 Å². The lowest BCUT2D eigenvalue weighted by atomic mass is 10.2. The first-order valence-corrected chi connectivity index (χ1v) is 6.86. The lowest BCUT2D eigenvalue weighted by Gasteiger charge is -2.07. The first-order valence-electron chi connectivity index (χ1n) is 6.49. The highest BCUT2D eigenvalue weighted by Gasteiger charge is 2.07. The smallest absolute Gasteiger partial charge is 0.129 e. The highest BCUT2D eigenvalue weighted by atomic mass is 35.5. The number of hydrogen-bond donors (Lipinski definition) is 1. The molecule has 0 saturated heterocycles. The number of nitrogens with one attached hydrogen (secondary N) is 1. The molecule has 102 valence electrons. The zero-order valence-corrected chi connectivity index (χ0v) is 11.8. The summed E-state index contributed by atoms with van der Waals surface area (Å²) in [6, 6.07) is 6.82. The Balaban J connectivity index is 2.03. The van der Waals surface area contributed by atoms with Crippen LogP contribution in [0.5, 0.6) is 0 Å². The van der Waals surface area contributed by atoms with Gasteiger partial charge in [0.2, 0.25) is 0 Å². The van der Waals surface area contributed by atoms with E-state index in [0.717, 1.165) is 19.5 Å². The van der Waals surface area contributed by atoms with Gasteiger partial charge in [0.15, 0.2) is 0 Å². The maximum atomic E-state index is 13.7. The van der Waals surface area contributed by atoms with Gasteiger partial charge in [0.1, 0.15) is 5.82 Å². The van der Waals surface area contributed by atoms with E-state index in [1.807, 2.05) is 23.0 Å². The van der Waals surface area contributed by atoms with Crippen LogP contribution in [0, 0.1) is 5.82 Å². The molecule has 0 fully saturated rings. The third kappa shape index (κ3) is 3.82. The first kappa shape index (κ1) is 14.1. The molecule has 1 N–H and O–H groups in total. The molecule has 1 heterocycles. The molecule has 0 aliphatic carbocycles. The summed E-state index contributed by atoms with van der Waals surface area (Å²) in [5.74, 6) is -0.258. The Hall–Kier alpha value is -1.32. The van der Waals surface area contributed by atoms with Gasteiger partial charge in [-0.05, 0) is 36.7 Å². The van der Waals surface area contributed by atoms with Crippen LogP contribution < -0.4 is 5.32 Å². The Kier molecular flexibility index (Phi) is 5.00. The largest absolute Gasteiger partial charge is 0.349 e. The number of hydrogen-bond acceptors (Lipinski definition) is 1. The van der Waals surface area contributed by atoms with Gasteiger partial charge in [0.05, 0.1) is 6.54 Å². The minimum atomic E-state index is -0.258. The second-order valence-corrected chi connectivity index (χ2v) is 4.98. The van der Waals surface area contributed by atoms with E-state index in [0.29, 0.717) is 17.1 Å². The third-order valence-electron chi connectivity index (χ3n) is 2.97. The Labute approximate surface area is 118 Å². The van der Waals surface area contributed by atoms with Gasteiger partial charge >= 0.3 is 0 Å². The van der Waals surface area contributed by atoms with E-state index in [1.165, 1.54) is 11.6 Å². The van der Waals surface area contributed by atoms with Crippen molar-refractivity contribution in [2.24, 2.45) is 0 Å². The fraction of sp³-hybridized carbons (Fsp3) is 0.333. The number of rotatable bonds is 6. The van der Waals surface area contributed by atoms with Crippen molar-refractivity contribution in [2.75, 3.05) is 6.54 Å². The predicted molar refractivity (Wildman–Crippen MR) is 76.9 cm³/mol. The first-order chi connectivity index (χ1) is 9.20. The lowest BCUT2D eigenvalue weighted by Crippen LogP contribution is -2.13. The molecule has 0 radical (unpaired) electrons. The summed E-state index contributed by atoms with van der Waals surface area (Å²) in [6.45, 7) is 4.44. The zero-order chi connectivity index (χ0) is 13.7. The quantitative estimate of drug-likeness (QED) is 0.796. The van der Waals surface area contributed by atoms with Gasteiger partial charge < -0.3 is 9.88 Å². The summed E-state index contributed by atoms with van der Waals surface area (Å²) in [4.78, 5) is 0. The van der Waals surface area contributed by atoms with Crippen molar-refractivity contribution in [3.8, 4) is 0 Å².